The van der Waals surface area contributed by atoms with Crippen LogP contribution < -0.4 is 5.32 Å². The fourth-order valence-corrected chi connectivity index (χ4v) is 12.4. The van der Waals surface area contributed by atoms with Crippen LogP contribution in [-0.2, 0) is 7.05 Å². The van der Waals surface area contributed by atoms with E-state index in [-0.39, 0.29) is 34.7 Å². The van der Waals surface area contributed by atoms with Gasteiger partial charge < -0.3 is 15.1 Å². The second kappa shape index (κ2) is 24.2. The summed E-state index contributed by atoms with van der Waals surface area (Å²) in [6.07, 6.45) is 14.5. The number of imidazole rings is 2. The summed E-state index contributed by atoms with van der Waals surface area (Å²) in [4.78, 5) is 17.7. The number of benzene rings is 4. The lowest BCUT2D eigenvalue weighted by molar-refractivity contribution is 0.222. The molecule has 0 amide bonds. The highest BCUT2D eigenvalue weighted by atomic mass is 19.1. The van der Waals surface area contributed by atoms with Crippen LogP contribution in [0.3, 0.4) is 0 Å². The van der Waals surface area contributed by atoms with Crippen molar-refractivity contribution in [2.45, 2.75) is 84.5 Å². The first-order chi connectivity index (χ1) is 42.6. The molecule has 8 aromatic heterocycles. The SMILES string of the molecule is CCN1C=CC(c2cc(F)c3nc(-c4cc(F)c5nn(C)cc5c4)ccc3c2)CC1.CCN1CCC(c2cc(F)c3cc(-c4cc(F)c5nc(C)cn5n4)nnc3c2)CC1.Cc1cn2nc(-c3cc4c(F)cc(C5CCNCC5)cc4nn3)cc(C)c2n1. The van der Waals surface area contributed by atoms with E-state index < -0.39 is 11.6 Å². The zero-order valence-electron chi connectivity index (χ0n) is 49.8. The fourth-order valence-electron chi connectivity index (χ4n) is 12.4. The summed E-state index contributed by atoms with van der Waals surface area (Å²) >= 11 is 0. The van der Waals surface area contributed by atoms with Crippen molar-refractivity contribution in [2.24, 2.45) is 7.05 Å². The first kappa shape index (κ1) is 57.8. The molecule has 15 rings (SSSR count). The zero-order chi connectivity index (χ0) is 60.9. The summed E-state index contributed by atoms with van der Waals surface area (Å²) in [5.74, 6) is -0.953. The van der Waals surface area contributed by atoms with E-state index in [1.807, 2.05) is 62.5 Å². The molecule has 21 heteroatoms. The maximum absolute atomic E-state index is 15.0. The average Bonchev–Trinajstić information content (AvgIpc) is 1.99. The minimum absolute atomic E-state index is 0.148. The lowest BCUT2D eigenvalue weighted by Gasteiger charge is -2.31. The first-order valence-corrected chi connectivity index (χ1v) is 30.0. The van der Waals surface area contributed by atoms with Crippen molar-refractivity contribution in [1.29, 1.82) is 0 Å². The summed E-state index contributed by atoms with van der Waals surface area (Å²) in [7, 11) is 1.75. The molecule has 11 heterocycles. The van der Waals surface area contributed by atoms with Crippen molar-refractivity contribution in [2.75, 3.05) is 45.8 Å². The third-order valence-corrected chi connectivity index (χ3v) is 17.3. The van der Waals surface area contributed by atoms with Crippen LogP contribution in [-0.4, -0.2) is 120 Å². The van der Waals surface area contributed by atoms with Gasteiger partial charge in [0.25, 0.3) is 0 Å². The number of piperidine rings is 2. The summed E-state index contributed by atoms with van der Waals surface area (Å²) < 4.78 is 78.4. The number of likely N-dealkylation sites (tertiary alicyclic amines) is 1. The van der Waals surface area contributed by atoms with Gasteiger partial charge in [-0.05, 0) is 206 Å². The van der Waals surface area contributed by atoms with E-state index in [9.17, 15) is 22.0 Å². The molecule has 1 N–H and O–H groups in total. The molecule has 1 unspecified atom stereocenters. The molecule has 4 aromatic carbocycles. The van der Waals surface area contributed by atoms with Crippen LogP contribution in [0.2, 0.25) is 0 Å². The number of nitrogens with zero attached hydrogens (tertiary/aromatic N) is 15. The molecule has 0 spiro atoms. The van der Waals surface area contributed by atoms with E-state index >= 15 is 0 Å². The molecular formula is C67H65F5N16. The number of fused-ring (bicyclic) bond motifs is 6. The Kier molecular flexibility index (Phi) is 15.9. The number of aryl methyl sites for hydroxylation is 4. The van der Waals surface area contributed by atoms with E-state index in [0.29, 0.717) is 84.1 Å². The van der Waals surface area contributed by atoms with Gasteiger partial charge >= 0.3 is 0 Å². The second-order valence-corrected chi connectivity index (χ2v) is 23.3. The molecule has 16 nitrogen and oxygen atoms in total. The van der Waals surface area contributed by atoms with Crippen LogP contribution in [0.25, 0.3) is 88.9 Å². The molecular weight excluding hydrogens is 1120 g/mol. The van der Waals surface area contributed by atoms with Gasteiger partial charge in [-0.25, -0.2) is 45.9 Å². The van der Waals surface area contributed by atoms with Crippen LogP contribution in [0.1, 0.15) is 97.3 Å². The van der Waals surface area contributed by atoms with Gasteiger partial charge in [-0.15, -0.1) is 20.4 Å². The molecule has 0 saturated carbocycles. The van der Waals surface area contributed by atoms with Gasteiger partial charge in [-0.3, -0.25) is 4.68 Å². The Morgan fingerprint density at radius 3 is 1.75 bits per heavy atom. The number of hydrogen-bond acceptors (Lipinski definition) is 13. The molecule has 2 saturated heterocycles. The molecule has 0 radical (unpaired) electrons. The van der Waals surface area contributed by atoms with E-state index in [0.717, 1.165) is 117 Å². The lowest BCUT2D eigenvalue weighted by atomic mass is 9.88. The number of hydrogen-bond donors (Lipinski definition) is 1. The van der Waals surface area contributed by atoms with E-state index in [1.54, 1.807) is 65.9 Å². The predicted molar refractivity (Wildman–Crippen MR) is 331 cm³/mol. The van der Waals surface area contributed by atoms with Gasteiger partial charge in [0, 0.05) is 65.4 Å². The number of rotatable bonds is 8. The Hall–Kier alpha value is -9.21. The van der Waals surface area contributed by atoms with Crippen molar-refractivity contribution in [1.82, 2.24) is 79.5 Å². The minimum Gasteiger partial charge on any atom is -0.378 e. The molecule has 448 valence electrons. The maximum Gasteiger partial charge on any atom is 0.190 e. The Labute approximate surface area is 504 Å². The van der Waals surface area contributed by atoms with Gasteiger partial charge in [0.15, 0.2) is 22.9 Å². The average molecular weight is 1190 g/mol. The number of nitrogens with one attached hydrogen (secondary N) is 1. The summed E-state index contributed by atoms with van der Waals surface area (Å²) in [5.41, 5.74) is 11.1. The highest BCUT2D eigenvalue weighted by Crippen LogP contribution is 2.36. The standard InChI is InChI=1S/C24H22F2N4.C22H22F2N6.C21H21FN6/c1-3-30-8-6-15(7-9-30)17-10-16-4-5-22(27-23(16)20(25)12-17)18-11-19-14-29(2)28-24(19)21(26)13-18;1-3-29-6-4-14(5-7-29)15-8-17(23)16-10-20(27-26-19(16)9-15)21-11-18(24)22-25-13(2)12-30(22)28-21;1-12-7-20(27-28-11-13(2)24-21(12)28)19-10-16-17(22)8-15(9-18(16)25-26-19)14-3-5-23-6-4-14/h4-6,8,10-15H,3,7,9H2,1-2H3;8-12,14H,3-7H2,1-2H3;7-11,14,23H,3-6H2,1-2H3. The number of aromatic nitrogens is 13. The van der Waals surface area contributed by atoms with E-state index in [4.69, 9.17) is 0 Å². The van der Waals surface area contributed by atoms with Crippen LogP contribution in [0.4, 0.5) is 22.0 Å². The van der Waals surface area contributed by atoms with Crippen LogP contribution in [0.15, 0.2) is 116 Å². The zero-order valence-corrected chi connectivity index (χ0v) is 49.8. The molecule has 12 aromatic rings. The van der Waals surface area contributed by atoms with Gasteiger partial charge in [-0.1, -0.05) is 19.1 Å². The highest BCUT2D eigenvalue weighted by molar-refractivity contribution is 5.88. The Balaban J connectivity index is 0.000000122. The third-order valence-electron chi connectivity index (χ3n) is 17.3. The Morgan fingerprint density at radius 2 is 1.11 bits per heavy atom. The number of allylic oxidation sites excluding steroid dienone is 1. The molecule has 0 aliphatic carbocycles. The number of halogens is 5. The van der Waals surface area contributed by atoms with Crippen LogP contribution >= 0.6 is 0 Å². The van der Waals surface area contributed by atoms with Crippen LogP contribution in [0.5, 0.6) is 0 Å². The maximum atomic E-state index is 15.0. The molecule has 3 aliphatic rings. The van der Waals surface area contributed by atoms with Crippen molar-refractivity contribution in [3.63, 3.8) is 0 Å². The first-order valence-electron chi connectivity index (χ1n) is 30.0. The molecule has 88 heavy (non-hydrogen) atoms. The van der Waals surface area contributed by atoms with Crippen molar-refractivity contribution >= 4 is 54.9 Å². The van der Waals surface area contributed by atoms with E-state index in [1.165, 1.54) is 16.6 Å². The quantitative estimate of drug-likeness (QED) is 0.143. The highest BCUT2D eigenvalue weighted by Gasteiger charge is 2.24. The Morgan fingerprint density at radius 1 is 0.500 bits per heavy atom. The van der Waals surface area contributed by atoms with Gasteiger partial charge in [-0.2, -0.15) is 15.3 Å². The Bertz CT molecular complexity index is 4660. The molecule has 3 aliphatic heterocycles. The molecule has 1 atom stereocenters. The van der Waals surface area contributed by atoms with Gasteiger partial charge in [0.2, 0.25) is 0 Å². The van der Waals surface area contributed by atoms with Crippen LogP contribution in [0, 0.1) is 49.9 Å². The monoisotopic (exact) mass is 1190 g/mol. The summed E-state index contributed by atoms with van der Waals surface area (Å²) in [6.45, 7) is 17.0. The topological polar surface area (TPSA) is 161 Å². The molecule has 2 fully saturated rings. The molecule has 0 bridgehead atoms. The second-order valence-electron chi connectivity index (χ2n) is 23.3. The van der Waals surface area contributed by atoms with Crippen molar-refractivity contribution in [3.8, 4) is 34.0 Å². The minimum atomic E-state index is -0.510. The lowest BCUT2D eigenvalue weighted by Crippen LogP contribution is -2.32. The van der Waals surface area contributed by atoms with Gasteiger partial charge in [0.1, 0.15) is 51.3 Å². The van der Waals surface area contributed by atoms with Crippen molar-refractivity contribution < 1.29 is 22.0 Å². The normalized spacial score (nSPS) is 16.1. The van der Waals surface area contributed by atoms with Crippen molar-refractivity contribution in [3.05, 3.63) is 179 Å². The summed E-state index contributed by atoms with van der Waals surface area (Å²) in [5, 5.41) is 35.8. The third kappa shape index (κ3) is 11.7. The smallest absolute Gasteiger partial charge is 0.190 e. The van der Waals surface area contributed by atoms with E-state index in [2.05, 4.69) is 91.9 Å². The predicted octanol–water partition coefficient (Wildman–Crippen LogP) is 13.1. The number of pyridine rings is 1. The fraction of sp³-hybridized carbons (Fsp3) is 0.313. The largest absolute Gasteiger partial charge is 0.378 e. The van der Waals surface area contributed by atoms with Gasteiger partial charge in [0.05, 0.1) is 40.5 Å². The summed E-state index contributed by atoms with van der Waals surface area (Å²) in [6, 6.07) is 24.2.